The van der Waals surface area contributed by atoms with Gasteiger partial charge in [0.25, 0.3) is 5.91 Å². The lowest BCUT2D eigenvalue weighted by Crippen LogP contribution is -2.14. The molecule has 1 amide bonds. The number of aromatic carboxylic acids is 1. The Hall–Kier alpha value is -2.22. The number of H-pyrrole nitrogens is 1. The zero-order valence-corrected chi connectivity index (χ0v) is 12.3. The van der Waals surface area contributed by atoms with Gasteiger partial charge in [0.2, 0.25) is 5.82 Å². The van der Waals surface area contributed by atoms with E-state index in [9.17, 15) is 9.59 Å². The van der Waals surface area contributed by atoms with Crippen molar-refractivity contribution in [2.24, 2.45) is 0 Å². The van der Waals surface area contributed by atoms with Crippen molar-refractivity contribution in [2.75, 3.05) is 5.32 Å². The number of anilines is 1. The minimum absolute atomic E-state index is 0.0751. The van der Waals surface area contributed by atoms with Gasteiger partial charge in [-0.2, -0.15) is 0 Å². The first-order valence-corrected chi connectivity index (χ1v) is 7.10. The Morgan fingerprint density at radius 1 is 1.38 bits per heavy atom. The number of benzene rings is 1. The number of amides is 1. The van der Waals surface area contributed by atoms with Crippen molar-refractivity contribution in [3.05, 3.63) is 39.9 Å². The molecule has 0 spiro atoms. The molecule has 2 aromatic rings. The molecule has 1 aliphatic rings. The molecular weight excluding hydrogens is 340 g/mol. The minimum Gasteiger partial charge on any atom is -0.478 e. The number of carboxylic acids is 1. The van der Waals surface area contributed by atoms with Crippen LogP contribution in [0, 0.1) is 0 Å². The number of aromatic nitrogens is 3. The number of hydrogen-bond donors (Lipinski definition) is 3. The Bertz CT molecular complexity index is 724. The molecule has 1 aromatic heterocycles. The van der Waals surface area contributed by atoms with Gasteiger partial charge in [-0.15, -0.1) is 5.10 Å². The normalized spacial score (nSPS) is 14.0. The number of carbonyl (C=O) groups excluding carboxylic acids is 1. The molecule has 0 radical (unpaired) electrons. The quantitative estimate of drug-likeness (QED) is 0.784. The van der Waals surface area contributed by atoms with Crippen LogP contribution in [0.3, 0.4) is 0 Å². The molecule has 108 valence electrons. The summed E-state index contributed by atoms with van der Waals surface area (Å²) in [6.07, 6.45) is 2.14. The van der Waals surface area contributed by atoms with E-state index in [0.717, 1.165) is 18.7 Å². The number of aromatic amines is 1. The fourth-order valence-electron chi connectivity index (χ4n) is 1.84. The number of nitrogens with one attached hydrogen (secondary N) is 2. The number of rotatable bonds is 4. The summed E-state index contributed by atoms with van der Waals surface area (Å²) in [5, 5.41) is 18.2. The van der Waals surface area contributed by atoms with E-state index in [2.05, 4.69) is 36.4 Å². The van der Waals surface area contributed by atoms with Gasteiger partial charge in [-0.25, -0.2) is 9.78 Å². The maximum Gasteiger partial charge on any atom is 0.335 e. The van der Waals surface area contributed by atoms with Gasteiger partial charge in [0.05, 0.1) is 11.3 Å². The topological polar surface area (TPSA) is 108 Å². The van der Waals surface area contributed by atoms with E-state index in [1.807, 2.05) is 0 Å². The average molecular weight is 351 g/mol. The number of carboxylic acid groups (broad SMARTS) is 1. The van der Waals surface area contributed by atoms with Crippen LogP contribution in [0.1, 0.15) is 45.6 Å². The third-order valence-corrected chi connectivity index (χ3v) is 3.79. The van der Waals surface area contributed by atoms with Gasteiger partial charge in [-0.1, -0.05) is 0 Å². The van der Waals surface area contributed by atoms with E-state index in [1.54, 1.807) is 0 Å². The van der Waals surface area contributed by atoms with Gasteiger partial charge in [-0.3, -0.25) is 9.89 Å². The highest BCUT2D eigenvalue weighted by atomic mass is 79.9. The maximum absolute atomic E-state index is 12.0. The van der Waals surface area contributed by atoms with Gasteiger partial charge in [0, 0.05) is 10.4 Å². The Morgan fingerprint density at radius 2 is 2.14 bits per heavy atom. The first kappa shape index (κ1) is 13.7. The molecular formula is C13H11BrN4O3. The molecule has 21 heavy (non-hydrogen) atoms. The van der Waals surface area contributed by atoms with Gasteiger partial charge in [0.15, 0.2) is 0 Å². The molecule has 1 fully saturated rings. The van der Waals surface area contributed by atoms with Crippen LogP contribution in [-0.2, 0) is 0 Å². The Morgan fingerprint density at radius 3 is 2.76 bits per heavy atom. The van der Waals surface area contributed by atoms with Crippen molar-refractivity contribution >= 4 is 33.5 Å². The number of hydrogen-bond acceptors (Lipinski definition) is 4. The summed E-state index contributed by atoms with van der Waals surface area (Å²) in [5.74, 6) is -0.272. The molecule has 0 unspecified atom stereocenters. The largest absolute Gasteiger partial charge is 0.478 e. The third-order valence-electron chi connectivity index (χ3n) is 3.13. The van der Waals surface area contributed by atoms with Crippen molar-refractivity contribution in [1.82, 2.24) is 15.2 Å². The van der Waals surface area contributed by atoms with E-state index < -0.39 is 11.9 Å². The Labute approximate surface area is 127 Å². The summed E-state index contributed by atoms with van der Waals surface area (Å²) in [6, 6.07) is 4.35. The second kappa shape index (κ2) is 5.28. The van der Waals surface area contributed by atoms with Gasteiger partial charge < -0.3 is 10.4 Å². The van der Waals surface area contributed by atoms with Gasteiger partial charge in [0.1, 0.15) is 5.82 Å². The lowest BCUT2D eigenvalue weighted by molar-refractivity contribution is 0.0696. The van der Waals surface area contributed by atoms with Gasteiger partial charge >= 0.3 is 5.97 Å². The summed E-state index contributed by atoms with van der Waals surface area (Å²) in [7, 11) is 0. The Kier molecular flexibility index (Phi) is 3.46. The van der Waals surface area contributed by atoms with Crippen LogP contribution in [0.2, 0.25) is 0 Å². The van der Waals surface area contributed by atoms with E-state index in [1.165, 1.54) is 18.2 Å². The monoisotopic (exact) mass is 350 g/mol. The fraction of sp³-hybridized carbons (Fsp3) is 0.231. The molecule has 0 bridgehead atoms. The van der Waals surface area contributed by atoms with Crippen LogP contribution in [0.25, 0.3) is 0 Å². The minimum atomic E-state index is -1.03. The molecule has 7 nitrogen and oxygen atoms in total. The molecule has 3 N–H and O–H groups in total. The first-order valence-electron chi connectivity index (χ1n) is 6.31. The molecule has 8 heteroatoms. The van der Waals surface area contributed by atoms with Crippen LogP contribution in [-0.4, -0.2) is 32.2 Å². The smallest absolute Gasteiger partial charge is 0.335 e. The Balaban J connectivity index is 1.75. The number of nitrogens with zero attached hydrogens (tertiary/aromatic N) is 2. The average Bonchev–Trinajstić information content (AvgIpc) is 3.18. The first-order chi connectivity index (χ1) is 10.0. The predicted molar refractivity (Wildman–Crippen MR) is 77.4 cm³/mol. The van der Waals surface area contributed by atoms with Crippen molar-refractivity contribution in [3.63, 3.8) is 0 Å². The van der Waals surface area contributed by atoms with E-state index in [-0.39, 0.29) is 11.4 Å². The van der Waals surface area contributed by atoms with Crippen LogP contribution in [0.4, 0.5) is 5.69 Å². The molecule has 0 aliphatic heterocycles. The molecule has 3 rings (SSSR count). The zero-order valence-electron chi connectivity index (χ0n) is 10.8. The summed E-state index contributed by atoms with van der Waals surface area (Å²) >= 11 is 3.23. The molecule has 1 heterocycles. The lowest BCUT2D eigenvalue weighted by atomic mass is 10.2. The number of carbonyl (C=O) groups is 2. The third kappa shape index (κ3) is 2.94. The number of halogens is 1. The van der Waals surface area contributed by atoms with Crippen LogP contribution in [0.15, 0.2) is 22.7 Å². The van der Waals surface area contributed by atoms with Crippen molar-refractivity contribution < 1.29 is 14.7 Å². The van der Waals surface area contributed by atoms with E-state index in [0.29, 0.717) is 16.1 Å². The summed E-state index contributed by atoms with van der Waals surface area (Å²) in [5.41, 5.74) is 0.594. The lowest BCUT2D eigenvalue weighted by Gasteiger charge is -2.06. The van der Waals surface area contributed by atoms with E-state index in [4.69, 9.17) is 5.11 Å². The molecule has 1 aliphatic carbocycles. The maximum atomic E-state index is 12.0. The standard InChI is InChI=1S/C13H11BrN4O3/c14-8-5-7(13(20)21)3-4-9(8)15-12(19)11-16-10(17-18-11)6-1-2-6/h3-6H,1-2H2,(H,15,19)(H,20,21)(H,16,17,18). The fourth-order valence-corrected chi connectivity index (χ4v) is 2.32. The SMILES string of the molecule is O=C(O)c1ccc(NC(=O)c2n[nH]c(C3CC3)n2)c(Br)c1. The molecule has 1 saturated carbocycles. The summed E-state index contributed by atoms with van der Waals surface area (Å²) in [6.45, 7) is 0. The highest BCUT2D eigenvalue weighted by molar-refractivity contribution is 9.10. The van der Waals surface area contributed by atoms with Crippen molar-refractivity contribution in [1.29, 1.82) is 0 Å². The molecule has 1 aromatic carbocycles. The van der Waals surface area contributed by atoms with Gasteiger partial charge in [-0.05, 0) is 47.0 Å². The molecule has 0 atom stereocenters. The van der Waals surface area contributed by atoms with Crippen molar-refractivity contribution in [2.45, 2.75) is 18.8 Å². The van der Waals surface area contributed by atoms with Crippen LogP contribution >= 0.6 is 15.9 Å². The second-order valence-corrected chi connectivity index (χ2v) is 5.63. The zero-order chi connectivity index (χ0) is 15.0. The van der Waals surface area contributed by atoms with E-state index >= 15 is 0 Å². The highest BCUT2D eigenvalue weighted by Crippen LogP contribution is 2.37. The molecule has 0 saturated heterocycles. The summed E-state index contributed by atoms with van der Waals surface area (Å²) in [4.78, 5) is 27.1. The second-order valence-electron chi connectivity index (χ2n) is 4.77. The van der Waals surface area contributed by atoms with Crippen LogP contribution < -0.4 is 5.32 Å². The predicted octanol–water partition coefficient (Wildman–Crippen LogP) is 2.40. The van der Waals surface area contributed by atoms with Crippen molar-refractivity contribution in [3.8, 4) is 0 Å². The summed E-state index contributed by atoms with van der Waals surface area (Å²) < 4.78 is 0.480. The van der Waals surface area contributed by atoms with Crippen LogP contribution in [0.5, 0.6) is 0 Å². The highest BCUT2D eigenvalue weighted by Gasteiger charge is 2.28.